The fraction of sp³-hybridized carbons (Fsp3) is 0.421. The Labute approximate surface area is 180 Å². The van der Waals surface area contributed by atoms with Crippen molar-refractivity contribution in [1.82, 2.24) is 19.8 Å². The van der Waals surface area contributed by atoms with Gasteiger partial charge in [-0.05, 0) is 59.5 Å². The number of aliphatic imine (C=N–C) groups is 1. The van der Waals surface area contributed by atoms with Crippen molar-refractivity contribution < 1.29 is 8.78 Å². The molecule has 10 heteroatoms. The summed E-state index contributed by atoms with van der Waals surface area (Å²) < 4.78 is 31.6. The number of guanidine groups is 1. The molecule has 4 rings (SSSR count). The van der Waals surface area contributed by atoms with Crippen LogP contribution in [-0.2, 0) is 19.5 Å². The Kier molecular flexibility index (Phi) is 5.69. The summed E-state index contributed by atoms with van der Waals surface area (Å²) in [5.41, 5.74) is 1.79. The summed E-state index contributed by atoms with van der Waals surface area (Å²) in [6, 6.07) is 2.65. The first-order chi connectivity index (χ1) is 14.0. The monoisotopic (exact) mass is 480 g/mol. The molecule has 3 heterocycles. The highest BCUT2D eigenvalue weighted by atomic mass is 79.9. The number of imidazole rings is 1. The SMILES string of the molecule is N#CN/C(=N/Cc1[nH]c(=S)n2c1C[C@@H](c1c(F)ccc(Br)c1F)C2)N1CCCC1. The number of fused-ring (bicyclic) bond motifs is 1. The van der Waals surface area contributed by atoms with Crippen LogP contribution in [0.25, 0.3) is 0 Å². The summed E-state index contributed by atoms with van der Waals surface area (Å²) in [7, 11) is 0. The number of rotatable bonds is 3. The van der Waals surface area contributed by atoms with Gasteiger partial charge in [-0.3, -0.25) is 5.32 Å². The Morgan fingerprint density at radius 3 is 2.86 bits per heavy atom. The van der Waals surface area contributed by atoms with Gasteiger partial charge >= 0.3 is 0 Å². The predicted molar refractivity (Wildman–Crippen MR) is 111 cm³/mol. The van der Waals surface area contributed by atoms with E-state index in [4.69, 9.17) is 17.5 Å². The molecule has 0 amide bonds. The molecule has 2 aliphatic heterocycles. The molecule has 1 saturated heterocycles. The van der Waals surface area contributed by atoms with Crippen LogP contribution in [0.2, 0.25) is 0 Å². The van der Waals surface area contributed by atoms with E-state index in [1.54, 1.807) is 0 Å². The average Bonchev–Trinajstić information content (AvgIpc) is 3.42. The van der Waals surface area contributed by atoms with Crippen molar-refractivity contribution in [2.45, 2.75) is 38.3 Å². The van der Waals surface area contributed by atoms with Gasteiger partial charge in [0.1, 0.15) is 11.6 Å². The van der Waals surface area contributed by atoms with Crippen LogP contribution in [0.3, 0.4) is 0 Å². The number of aromatic nitrogens is 2. The highest BCUT2D eigenvalue weighted by Gasteiger charge is 2.31. The van der Waals surface area contributed by atoms with Gasteiger partial charge in [-0.25, -0.2) is 13.8 Å². The Hall–Kier alpha value is -2.25. The van der Waals surface area contributed by atoms with Crippen molar-refractivity contribution in [3.63, 3.8) is 0 Å². The van der Waals surface area contributed by atoms with E-state index < -0.39 is 11.6 Å². The standard InChI is InChI=1S/C19H19BrF2N6S/c20-12-3-4-13(21)16(17(12)22)11-7-15-14(26-19(29)28(15)9-11)8-24-18(25-10-23)27-5-1-2-6-27/h3-4,11H,1-2,5-9H2,(H,24,25)(H,26,29)/t11-/m1/s1. The molecule has 0 spiro atoms. The van der Waals surface area contributed by atoms with E-state index in [1.165, 1.54) is 12.1 Å². The third kappa shape index (κ3) is 3.81. The molecule has 0 bridgehead atoms. The van der Waals surface area contributed by atoms with Gasteiger partial charge in [0.05, 0.1) is 16.7 Å². The smallest absolute Gasteiger partial charge is 0.207 e. The van der Waals surface area contributed by atoms with Gasteiger partial charge in [-0.15, -0.1) is 0 Å². The number of halogens is 3. The first kappa shape index (κ1) is 20.0. The molecule has 0 aliphatic carbocycles. The zero-order valence-corrected chi connectivity index (χ0v) is 17.9. The molecular weight excluding hydrogens is 462 g/mol. The summed E-state index contributed by atoms with van der Waals surface area (Å²) in [4.78, 5) is 9.77. The maximum atomic E-state index is 14.6. The second-order valence-corrected chi connectivity index (χ2v) is 8.44. The van der Waals surface area contributed by atoms with Crippen molar-refractivity contribution in [2.75, 3.05) is 13.1 Å². The van der Waals surface area contributed by atoms with Gasteiger partial charge in [0.15, 0.2) is 11.0 Å². The van der Waals surface area contributed by atoms with E-state index in [0.717, 1.165) is 37.3 Å². The zero-order chi connectivity index (χ0) is 20.5. The second kappa shape index (κ2) is 8.24. The van der Waals surface area contributed by atoms with E-state index >= 15 is 0 Å². The van der Waals surface area contributed by atoms with E-state index in [-0.39, 0.29) is 16.0 Å². The Morgan fingerprint density at radius 1 is 1.38 bits per heavy atom. The summed E-state index contributed by atoms with van der Waals surface area (Å²) >= 11 is 8.55. The molecule has 0 radical (unpaired) electrons. The van der Waals surface area contributed by atoms with E-state index in [9.17, 15) is 8.78 Å². The Bertz CT molecular complexity index is 1060. The number of nitrogens with zero attached hydrogens (tertiary/aromatic N) is 4. The van der Waals surface area contributed by atoms with Crippen molar-refractivity contribution in [1.29, 1.82) is 5.26 Å². The number of nitrogens with one attached hydrogen (secondary N) is 2. The molecule has 152 valence electrons. The van der Waals surface area contributed by atoms with E-state index in [0.29, 0.717) is 30.2 Å². The normalized spacial score (nSPS) is 18.8. The van der Waals surface area contributed by atoms with Crippen LogP contribution in [0.4, 0.5) is 8.78 Å². The van der Waals surface area contributed by atoms with Crippen molar-refractivity contribution in [3.05, 3.63) is 50.0 Å². The summed E-state index contributed by atoms with van der Waals surface area (Å²) in [6.45, 7) is 2.44. The molecule has 1 fully saturated rings. The first-order valence-electron chi connectivity index (χ1n) is 9.38. The minimum atomic E-state index is -0.565. The van der Waals surface area contributed by atoms with Gasteiger partial charge in [0, 0.05) is 36.8 Å². The highest BCUT2D eigenvalue weighted by Crippen LogP contribution is 2.36. The first-order valence-corrected chi connectivity index (χ1v) is 10.6. The Balaban J connectivity index is 1.60. The van der Waals surface area contributed by atoms with Crippen LogP contribution < -0.4 is 5.32 Å². The minimum Gasteiger partial charge on any atom is -0.342 e. The lowest BCUT2D eigenvalue weighted by molar-refractivity contribution is 0.501. The third-order valence-corrected chi connectivity index (χ3v) is 6.40. The lowest BCUT2D eigenvalue weighted by Crippen LogP contribution is -2.37. The summed E-state index contributed by atoms with van der Waals surface area (Å²) in [6.07, 6.45) is 4.55. The Morgan fingerprint density at radius 2 is 2.14 bits per heavy atom. The zero-order valence-electron chi connectivity index (χ0n) is 15.5. The lowest BCUT2D eigenvalue weighted by atomic mass is 9.95. The molecule has 2 N–H and O–H groups in total. The lowest BCUT2D eigenvalue weighted by Gasteiger charge is -2.18. The summed E-state index contributed by atoms with van der Waals surface area (Å²) in [5.74, 6) is -0.907. The molecular formula is C19H19BrF2N6S. The van der Waals surface area contributed by atoms with Crippen LogP contribution in [0.5, 0.6) is 0 Å². The summed E-state index contributed by atoms with van der Waals surface area (Å²) in [5, 5.41) is 11.7. The molecule has 1 atom stereocenters. The quantitative estimate of drug-likeness (QED) is 0.174. The molecule has 6 nitrogen and oxygen atoms in total. The molecule has 2 aliphatic rings. The average molecular weight is 481 g/mol. The molecule has 0 saturated carbocycles. The van der Waals surface area contributed by atoms with Crippen LogP contribution in [0, 0.1) is 27.9 Å². The number of hydrogen-bond acceptors (Lipinski definition) is 3. The van der Waals surface area contributed by atoms with Gasteiger partial charge in [-0.2, -0.15) is 5.26 Å². The van der Waals surface area contributed by atoms with Gasteiger partial charge in [-0.1, -0.05) is 0 Å². The van der Waals surface area contributed by atoms with Gasteiger partial charge in [0.25, 0.3) is 0 Å². The minimum absolute atomic E-state index is 0.0795. The topological polar surface area (TPSA) is 72.1 Å². The molecule has 1 aromatic heterocycles. The molecule has 29 heavy (non-hydrogen) atoms. The number of hydrogen-bond donors (Lipinski definition) is 2. The molecule has 0 unspecified atom stereocenters. The number of aromatic amines is 1. The highest BCUT2D eigenvalue weighted by molar-refractivity contribution is 9.10. The van der Waals surface area contributed by atoms with Crippen LogP contribution in [-0.4, -0.2) is 33.5 Å². The van der Waals surface area contributed by atoms with Crippen molar-refractivity contribution >= 4 is 34.1 Å². The van der Waals surface area contributed by atoms with Crippen molar-refractivity contribution in [3.8, 4) is 6.19 Å². The number of likely N-dealkylation sites (tertiary alicyclic amines) is 1. The van der Waals surface area contributed by atoms with Crippen molar-refractivity contribution in [2.24, 2.45) is 4.99 Å². The largest absolute Gasteiger partial charge is 0.342 e. The maximum absolute atomic E-state index is 14.6. The molecule has 1 aromatic carbocycles. The predicted octanol–water partition coefficient (Wildman–Crippen LogP) is 3.95. The molecule has 2 aromatic rings. The number of H-pyrrole nitrogens is 1. The fourth-order valence-corrected chi connectivity index (χ4v) is 4.75. The van der Waals surface area contributed by atoms with E-state index in [1.807, 2.05) is 15.7 Å². The van der Waals surface area contributed by atoms with Crippen LogP contribution >= 0.6 is 28.1 Å². The van der Waals surface area contributed by atoms with Gasteiger partial charge in [0.2, 0.25) is 5.96 Å². The number of benzene rings is 1. The number of nitriles is 1. The maximum Gasteiger partial charge on any atom is 0.207 e. The van der Waals surface area contributed by atoms with Gasteiger partial charge < -0.3 is 14.5 Å². The fourth-order valence-electron chi connectivity index (χ4n) is 4.09. The van der Waals surface area contributed by atoms with Crippen LogP contribution in [0.1, 0.15) is 35.7 Å². The van der Waals surface area contributed by atoms with E-state index in [2.05, 4.69) is 31.2 Å². The third-order valence-electron chi connectivity index (χ3n) is 5.47. The van der Waals surface area contributed by atoms with Crippen LogP contribution in [0.15, 0.2) is 21.6 Å². The second-order valence-electron chi connectivity index (χ2n) is 7.19.